The minimum absolute atomic E-state index is 0.0514. The van der Waals surface area contributed by atoms with E-state index in [9.17, 15) is 4.79 Å². The maximum atomic E-state index is 12.6. The molecule has 0 amide bonds. The average molecular weight is 359 g/mol. The number of rotatable bonds is 1. The number of carbonyl (C=O) groups excluding carboxylic acids is 1. The first kappa shape index (κ1) is 17.7. The van der Waals surface area contributed by atoms with Gasteiger partial charge in [0.25, 0.3) is 0 Å². The van der Waals surface area contributed by atoms with E-state index in [1.54, 1.807) is 0 Å². The van der Waals surface area contributed by atoms with E-state index in [2.05, 4.69) is 20.9 Å². The average Bonchev–Trinajstić information content (AvgIpc) is 3.19. The number of quaternary nitrogens is 1. The Bertz CT molecular complexity index is 593. The third-order valence-electron chi connectivity index (χ3n) is 10.8. The van der Waals surface area contributed by atoms with Crippen LogP contribution in [0.1, 0.15) is 84.5 Å². The lowest BCUT2D eigenvalue weighted by molar-refractivity contribution is -0.924. The molecule has 4 saturated carbocycles. The maximum absolute atomic E-state index is 12.6. The molecule has 7 atom stereocenters. The number of fused-ring (bicyclic) bond motifs is 5. The fourth-order valence-electron chi connectivity index (χ4n) is 9.00. The molecule has 4 aliphatic carbocycles. The van der Waals surface area contributed by atoms with Gasteiger partial charge in [-0.2, -0.15) is 0 Å². The molecule has 0 spiro atoms. The molecule has 0 unspecified atom stereocenters. The van der Waals surface area contributed by atoms with E-state index in [0.29, 0.717) is 17.1 Å². The van der Waals surface area contributed by atoms with Crippen molar-refractivity contribution in [3.8, 4) is 0 Å². The Kier molecular flexibility index (Phi) is 3.96. The van der Waals surface area contributed by atoms with E-state index in [1.807, 2.05) is 0 Å². The Balaban J connectivity index is 1.37. The number of likely N-dealkylation sites (tertiary alicyclic amines) is 1. The highest BCUT2D eigenvalue weighted by Gasteiger charge is 2.61. The van der Waals surface area contributed by atoms with E-state index in [-0.39, 0.29) is 5.41 Å². The second-order valence-corrected chi connectivity index (χ2v) is 11.6. The van der Waals surface area contributed by atoms with E-state index in [1.165, 1.54) is 81.8 Å². The summed E-state index contributed by atoms with van der Waals surface area (Å²) in [6.07, 6.45) is 14.8. The van der Waals surface area contributed by atoms with Gasteiger partial charge in [0.15, 0.2) is 0 Å². The fraction of sp³-hybridized carbons (Fsp3) is 0.958. The van der Waals surface area contributed by atoms with Crippen molar-refractivity contribution >= 4 is 5.78 Å². The molecule has 0 aromatic heterocycles. The van der Waals surface area contributed by atoms with Gasteiger partial charge in [-0.1, -0.05) is 13.8 Å². The van der Waals surface area contributed by atoms with E-state index in [4.69, 9.17) is 0 Å². The second-order valence-electron chi connectivity index (χ2n) is 11.6. The predicted molar refractivity (Wildman–Crippen MR) is 106 cm³/mol. The van der Waals surface area contributed by atoms with Gasteiger partial charge in [0.1, 0.15) is 5.78 Å². The normalized spacial score (nSPS) is 53.0. The molecular weight excluding hydrogens is 318 g/mol. The van der Waals surface area contributed by atoms with Gasteiger partial charge < -0.3 is 4.48 Å². The molecule has 1 aliphatic heterocycles. The third kappa shape index (κ3) is 2.29. The molecule has 0 N–H and O–H groups in total. The van der Waals surface area contributed by atoms with Crippen LogP contribution in [0.25, 0.3) is 0 Å². The molecular formula is C24H40NO+. The summed E-state index contributed by atoms with van der Waals surface area (Å²) in [5, 5.41) is 0. The Morgan fingerprint density at radius 3 is 2.46 bits per heavy atom. The number of hydrogen-bond acceptors (Lipinski definition) is 1. The van der Waals surface area contributed by atoms with Crippen LogP contribution in [0.4, 0.5) is 0 Å². The Morgan fingerprint density at radius 2 is 1.69 bits per heavy atom. The highest BCUT2D eigenvalue weighted by atomic mass is 16.1. The lowest BCUT2D eigenvalue weighted by atomic mass is 9.45. The molecule has 5 fully saturated rings. The van der Waals surface area contributed by atoms with Gasteiger partial charge in [-0.05, 0) is 74.0 Å². The van der Waals surface area contributed by atoms with E-state index < -0.39 is 0 Å². The Hall–Kier alpha value is -0.370. The SMILES string of the molecule is C[C@]12CC[C@H]([N+]3(C)CCCC3)C[C@@H]1CC[C@@H]1[C@@H]2CC[C@]2(C)C(=O)CC[C@@H]12. The first-order valence-corrected chi connectivity index (χ1v) is 11.7. The highest BCUT2D eigenvalue weighted by Crippen LogP contribution is 2.65. The standard InChI is InChI=1S/C24H40NO/c1-23-12-10-18(25(3)14-4-5-15-25)16-17(23)6-7-19-20-8-9-22(26)24(20,2)13-11-21(19)23/h17-21H,4-16H2,1-3H3/q+1/t17-,18-,19-,20-,21-,23-,24-/m0/s1. The van der Waals surface area contributed by atoms with Crippen molar-refractivity contribution in [3.63, 3.8) is 0 Å². The Morgan fingerprint density at radius 1 is 0.923 bits per heavy atom. The van der Waals surface area contributed by atoms with Gasteiger partial charge in [0, 0.05) is 31.1 Å². The van der Waals surface area contributed by atoms with Crippen molar-refractivity contribution in [2.75, 3.05) is 20.1 Å². The lowest BCUT2D eigenvalue weighted by Crippen LogP contribution is -2.58. The largest absolute Gasteiger partial charge is 0.324 e. The summed E-state index contributed by atoms with van der Waals surface area (Å²) >= 11 is 0. The van der Waals surface area contributed by atoms with Crippen LogP contribution in [0.2, 0.25) is 0 Å². The van der Waals surface area contributed by atoms with E-state index >= 15 is 0 Å². The minimum atomic E-state index is 0.0514. The van der Waals surface area contributed by atoms with Crippen molar-refractivity contribution in [1.82, 2.24) is 0 Å². The number of nitrogens with zero attached hydrogens (tertiary/aromatic N) is 1. The summed E-state index contributed by atoms with van der Waals surface area (Å²) in [4.78, 5) is 12.6. The van der Waals surface area contributed by atoms with Gasteiger partial charge in [0.05, 0.1) is 26.2 Å². The maximum Gasteiger partial charge on any atom is 0.139 e. The minimum Gasteiger partial charge on any atom is -0.324 e. The van der Waals surface area contributed by atoms with Gasteiger partial charge in [-0.15, -0.1) is 0 Å². The zero-order valence-corrected chi connectivity index (χ0v) is 17.4. The number of ketones is 1. The summed E-state index contributed by atoms with van der Waals surface area (Å²) in [5.74, 6) is 4.04. The van der Waals surface area contributed by atoms with Gasteiger partial charge in [0.2, 0.25) is 0 Å². The number of hydrogen-bond donors (Lipinski definition) is 0. The van der Waals surface area contributed by atoms with Crippen LogP contribution < -0.4 is 0 Å². The van der Waals surface area contributed by atoms with Crippen LogP contribution in [0, 0.1) is 34.5 Å². The molecule has 2 heteroatoms. The zero-order valence-electron chi connectivity index (χ0n) is 17.4. The van der Waals surface area contributed by atoms with Crippen LogP contribution in [-0.4, -0.2) is 36.4 Å². The lowest BCUT2D eigenvalue weighted by Gasteiger charge is -2.61. The highest BCUT2D eigenvalue weighted by molar-refractivity contribution is 5.87. The zero-order chi connectivity index (χ0) is 18.2. The van der Waals surface area contributed by atoms with Crippen molar-refractivity contribution < 1.29 is 9.28 Å². The summed E-state index contributed by atoms with van der Waals surface area (Å²) in [6.45, 7) is 7.87. The summed E-state index contributed by atoms with van der Waals surface area (Å²) < 4.78 is 1.38. The summed E-state index contributed by atoms with van der Waals surface area (Å²) in [5.41, 5.74) is 0.626. The molecule has 0 radical (unpaired) electrons. The molecule has 0 aromatic rings. The molecule has 0 aromatic carbocycles. The van der Waals surface area contributed by atoms with E-state index in [0.717, 1.165) is 30.2 Å². The molecule has 5 rings (SSSR count). The van der Waals surface area contributed by atoms with Crippen LogP contribution in [0.5, 0.6) is 0 Å². The number of carbonyl (C=O) groups is 1. The molecule has 26 heavy (non-hydrogen) atoms. The van der Waals surface area contributed by atoms with Crippen molar-refractivity contribution in [3.05, 3.63) is 0 Å². The van der Waals surface area contributed by atoms with Crippen molar-refractivity contribution in [2.45, 2.75) is 90.5 Å². The smallest absolute Gasteiger partial charge is 0.139 e. The fourth-order valence-corrected chi connectivity index (χ4v) is 9.00. The summed E-state index contributed by atoms with van der Waals surface area (Å²) in [6, 6.07) is 0.939. The topological polar surface area (TPSA) is 17.1 Å². The second kappa shape index (κ2) is 5.82. The van der Waals surface area contributed by atoms with Gasteiger partial charge in [-0.25, -0.2) is 0 Å². The van der Waals surface area contributed by atoms with Gasteiger partial charge >= 0.3 is 0 Å². The quantitative estimate of drug-likeness (QED) is 0.588. The molecule has 2 nitrogen and oxygen atoms in total. The first-order chi connectivity index (χ1) is 12.4. The molecule has 146 valence electrons. The first-order valence-electron chi connectivity index (χ1n) is 11.7. The molecule has 1 heterocycles. The van der Waals surface area contributed by atoms with Crippen molar-refractivity contribution in [2.24, 2.45) is 34.5 Å². The van der Waals surface area contributed by atoms with Crippen LogP contribution in [-0.2, 0) is 4.79 Å². The Labute approximate surface area is 160 Å². The molecule has 5 aliphatic rings. The van der Waals surface area contributed by atoms with Crippen LogP contribution >= 0.6 is 0 Å². The van der Waals surface area contributed by atoms with Crippen LogP contribution in [0.3, 0.4) is 0 Å². The monoisotopic (exact) mass is 358 g/mol. The summed E-state index contributed by atoms with van der Waals surface area (Å²) in [7, 11) is 2.56. The third-order valence-corrected chi connectivity index (χ3v) is 10.8. The number of Topliss-reactive ketones (excluding diaryl/α,β-unsaturated/α-hetero) is 1. The van der Waals surface area contributed by atoms with Gasteiger partial charge in [-0.3, -0.25) is 4.79 Å². The predicted octanol–water partition coefficient (Wildman–Crippen LogP) is 5.21. The van der Waals surface area contributed by atoms with Crippen LogP contribution in [0.15, 0.2) is 0 Å². The molecule has 0 bridgehead atoms. The molecule has 1 saturated heterocycles. The van der Waals surface area contributed by atoms with Crippen molar-refractivity contribution in [1.29, 1.82) is 0 Å².